The Balaban J connectivity index is 1.68. The van der Waals surface area contributed by atoms with Crippen molar-refractivity contribution in [2.24, 2.45) is 0 Å². The van der Waals surface area contributed by atoms with Crippen LogP contribution in [0.25, 0.3) is 0 Å². The van der Waals surface area contributed by atoms with Gasteiger partial charge in [0.2, 0.25) is 0 Å². The zero-order valence-electron chi connectivity index (χ0n) is 14.7. The number of hydrogen-bond acceptors (Lipinski definition) is 3. The molecule has 0 saturated carbocycles. The molecule has 0 unspecified atom stereocenters. The molecule has 26 heavy (non-hydrogen) atoms. The standard InChI is InChI=1S/C21H20N2O3/c1-3-15-6-8-16(9-7-15)20(24)22-17-10-11-18(14(2)13-17)23-21(25)19-5-4-12-26-19/h4-13H,3H2,1-2H3,(H,22,24)(H,23,25). The second-order valence-corrected chi connectivity index (χ2v) is 5.97. The molecule has 0 atom stereocenters. The van der Waals surface area contributed by atoms with Gasteiger partial charge >= 0.3 is 0 Å². The van der Waals surface area contributed by atoms with Crippen molar-refractivity contribution in [3.05, 3.63) is 83.3 Å². The van der Waals surface area contributed by atoms with Gasteiger partial charge in [-0.3, -0.25) is 9.59 Å². The molecule has 2 N–H and O–H groups in total. The van der Waals surface area contributed by atoms with E-state index in [-0.39, 0.29) is 17.6 Å². The van der Waals surface area contributed by atoms with Crippen LogP contribution in [0.4, 0.5) is 11.4 Å². The van der Waals surface area contributed by atoms with Crippen molar-refractivity contribution in [3.63, 3.8) is 0 Å². The predicted molar refractivity (Wildman–Crippen MR) is 102 cm³/mol. The molecule has 0 fully saturated rings. The Kier molecular flexibility index (Phi) is 5.17. The third-order valence-corrected chi connectivity index (χ3v) is 4.10. The average Bonchev–Trinajstić information content (AvgIpc) is 3.19. The number of carbonyl (C=O) groups is 2. The highest BCUT2D eigenvalue weighted by molar-refractivity contribution is 6.05. The summed E-state index contributed by atoms with van der Waals surface area (Å²) in [5.74, 6) is -0.234. The van der Waals surface area contributed by atoms with Gasteiger partial charge in [0.25, 0.3) is 11.8 Å². The van der Waals surface area contributed by atoms with E-state index in [2.05, 4.69) is 17.6 Å². The van der Waals surface area contributed by atoms with Crippen molar-refractivity contribution in [1.29, 1.82) is 0 Å². The lowest BCUT2D eigenvalue weighted by Crippen LogP contribution is -2.14. The summed E-state index contributed by atoms with van der Waals surface area (Å²) < 4.78 is 5.08. The van der Waals surface area contributed by atoms with Gasteiger partial charge in [0.05, 0.1) is 6.26 Å². The van der Waals surface area contributed by atoms with Crippen LogP contribution in [0.5, 0.6) is 0 Å². The summed E-state index contributed by atoms with van der Waals surface area (Å²) in [6.45, 7) is 3.94. The van der Waals surface area contributed by atoms with Gasteiger partial charge < -0.3 is 15.1 Å². The van der Waals surface area contributed by atoms with E-state index in [0.717, 1.165) is 12.0 Å². The van der Waals surface area contributed by atoms with Crippen LogP contribution in [0, 0.1) is 6.92 Å². The Hall–Kier alpha value is -3.34. The van der Waals surface area contributed by atoms with Crippen LogP contribution in [0.15, 0.2) is 65.3 Å². The summed E-state index contributed by atoms with van der Waals surface area (Å²) in [4.78, 5) is 24.4. The lowest BCUT2D eigenvalue weighted by molar-refractivity contribution is 0.0994. The maximum absolute atomic E-state index is 12.3. The fourth-order valence-corrected chi connectivity index (χ4v) is 2.57. The van der Waals surface area contributed by atoms with E-state index >= 15 is 0 Å². The highest BCUT2D eigenvalue weighted by Gasteiger charge is 2.11. The Labute approximate surface area is 152 Å². The van der Waals surface area contributed by atoms with Crippen LogP contribution in [-0.4, -0.2) is 11.8 Å². The summed E-state index contributed by atoms with van der Waals surface area (Å²) >= 11 is 0. The van der Waals surface area contributed by atoms with Crippen molar-refractivity contribution in [3.8, 4) is 0 Å². The maximum Gasteiger partial charge on any atom is 0.291 e. The highest BCUT2D eigenvalue weighted by Crippen LogP contribution is 2.21. The van der Waals surface area contributed by atoms with E-state index in [1.165, 1.54) is 11.8 Å². The van der Waals surface area contributed by atoms with Gasteiger partial charge in [-0.1, -0.05) is 19.1 Å². The number of furan rings is 1. The molecular weight excluding hydrogens is 328 g/mol. The zero-order valence-corrected chi connectivity index (χ0v) is 14.7. The topological polar surface area (TPSA) is 71.3 Å². The van der Waals surface area contributed by atoms with Crippen molar-refractivity contribution >= 4 is 23.2 Å². The SMILES string of the molecule is CCc1ccc(C(=O)Nc2ccc(NC(=O)c3ccco3)c(C)c2)cc1. The number of anilines is 2. The minimum Gasteiger partial charge on any atom is -0.459 e. The first-order valence-electron chi connectivity index (χ1n) is 8.42. The van der Waals surface area contributed by atoms with Crippen LogP contribution in [0.2, 0.25) is 0 Å². The molecule has 0 saturated heterocycles. The van der Waals surface area contributed by atoms with Gasteiger partial charge in [0.1, 0.15) is 0 Å². The maximum atomic E-state index is 12.3. The molecule has 3 rings (SSSR count). The van der Waals surface area contributed by atoms with Crippen LogP contribution >= 0.6 is 0 Å². The molecular formula is C21H20N2O3. The number of nitrogens with one attached hydrogen (secondary N) is 2. The van der Waals surface area contributed by atoms with Crippen molar-refractivity contribution in [2.45, 2.75) is 20.3 Å². The fourth-order valence-electron chi connectivity index (χ4n) is 2.57. The third-order valence-electron chi connectivity index (χ3n) is 4.10. The first kappa shape index (κ1) is 17.5. The summed E-state index contributed by atoms with van der Waals surface area (Å²) in [6, 6.07) is 16.1. The second kappa shape index (κ2) is 7.70. The van der Waals surface area contributed by atoms with Crippen LogP contribution in [-0.2, 0) is 6.42 Å². The first-order valence-corrected chi connectivity index (χ1v) is 8.42. The molecule has 132 valence electrons. The monoisotopic (exact) mass is 348 g/mol. The first-order chi connectivity index (χ1) is 12.6. The second-order valence-electron chi connectivity index (χ2n) is 5.97. The molecule has 2 amide bonds. The number of rotatable bonds is 5. The molecule has 0 aliphatic rings. The number of amides is 2. The van der Waals surface area contributed by atoms with Crippen molar-refractivity contribution in [1.82, 2.24) is 0 Å². The van der Waals surface area contributed by atoms with Crippen molar-refractivity contribution in [2.75, 3.05) is 10.6 Å². The van der Waals surface area contributed by atoms with Gasteiger partial charge in [0, 0.05) is 16.9 Å². The largest absolute Gasteiger partial charge is 0.459 e. The van der Waals surface area contributed by atoms with E-state index in [9.17, 15) is 9.59 Å². The number of carbonyl (C=O) groups excluding carboxylic acids is 2. The van der Waals surface area contributed by atoms with Crippen LogP contribution in [0.1, 0.15) is 39.0 Å². The molecule has 1 heterocycles. The van der Waals surface area contributed by atoms with Gasteiger partial charge in [-0.05, 0) is 66.9 Å². The summed E-state index contributed by atoms with van der Waals surface area (Å²) in [7, 11) is 0. The van der Waals surface area contributed by atoms with E-state index < -0.39 is 0 Å². The Morgan fingerprint density at radius 3 is 2.35 bits per heavy atom. The molecule has 0 aliphatic heterocycles. The molecule has 5 nitrogen and oxygen atoms in total. The number of aryl methyl sites for hydroxylation is 2. The zero-order chi connectivity index (χ0) is 18.5. The van der Waals surface area contributed by atoms with Gasteiger partial charge in [-0.25, -0.2) is 0 Å². The summed E-state index contributed by atoms with van der Waals surface area (Å²) in [5.41, 5.74) is 3.97. The Morgan fingerprint density at radius 1 is 0.962 bits per heavy atom. The highest BCUT2D eigenvalue weighted by atomic mass is 16.3. The average molecular weight is 348 g/mol. The molecule has 5 heteroatoms. The lowest BCUT2D eigenvalue weighted by Gasteiger charge is -2.11. The molecule has 3 aromatic rings. The number of benzene rings is 2. The van der Waals surface area contributed by atoms with Crippen LogP contribution in [0.3, 0.4) is 0 Å². The van der Waals surface area contributed by atoms with Crippen LogP contribution < -0.4 is 10.6 Å². The summed E-state index contributed by atoms with van der Waals surface area (Å²) in [5, 5.41) is 5.67. The minimum atomic E-state index is -0.314. The molecule has 0 radical (unpaired) electrons. The molecule has 0 bridgehead atoms. The molecule has 1 aromatic heterocycles. The Bertz CT molecular complexity index is 913. The van der Waals surface area contributed by atoms with Gasteiger partial charge in [-0.15, -0.1) is 0 Å². The van der Waals surface area contributed by atoms with Gasteiger partial charge in [0.15, 0.2) is 5.76 Å². The molecule has 0 spiro atoms. The van der Waals surface area contributed by atoms with E-state index in [1.807, 2.05) is 37.3 Å². The molecule has 2 aromatic carbocycles. The van der Waals surface area contributed by atoms with Crippen molar-refractivity contribution < 1.29 is 14.0 Å². The van der Waals surface area contributed by atoms with E-state index in [1.54, 1.807) is 24.3 Å². The van der Waals surface area contributed by atoms with Gasteiger partial charge in [-0.2, -0.15) is 0 Å². The number of hydrogen-bond donors (Lipinski definition) is 2. The quantitative estimate of drug-likeness (QED) is 0.705. The fraction of sp³-hybridized carbons (Fsp3) is 0.143. The lowest BCUT2D eigenvalue weighted by atomic mass is 10.1. The normalized spacial score (nSPS) is 10.4. The van der Waals surface area contributed by atoms with E-state index in [4.69, 9.17) is 4.42 Å². The Morgan fingerprint density at radius 2 is 1.73 bits per heavy atom. The third kappa shape index (κ3) is 4.00. The predicted octanol–water partition coefficient (Wildman–Crippen LogP) is 4.66. The minimum absolute atomic E-state index is 0.167. The smallest absolute Gasteiger partial charge is 0.291 e. The van der Waals surface area contributed by atoms with E-state index in [0.29, 0.717) is 16.9 Å². The molecule has 0 aliphatic carbocycles. The summed E-state index contributed by atoms with van der Waals surface area (Å²) in [6.07, 6.45) is 2.39.